The lowest BCUT2D eigenvalue weighted by Gasteiger charge is -2.35. The maximum absolute atomic E-state index is 11.1. The highest BCUT2D eigenvalue weighted by Gasteiger charge is 2.32. The maximum atomic E-state index is 11.1. The molecule has 2 heterocycles. The number of fused-ring (bicyclic) bond motifs is 1. The fourth-order valence-corrected chi connectivity index (χ4v) is 2.75. The highest BCUT2D eigenvalue weighted by molar-refractivity contribution is 5.69. The van der Waals surface area contributed by atoms with Gasteiger partial charge in [0.05, 0.1) is 26.2 Å². The molecule has 2 saturated heterocycles. The third kappa shape index (κ3) is 3.67. The van der Waals surface area contributed by atoms with Crippen LogP contribution in [0.1, 0.15) is 26.2 Å². The molecule has 0 aromatic heterocycles. The van der Waals surface area contributed by atoms with E-state index in [-0.39, 0.29) is 18.1 Å². The Morgan fingerprint density at radius 3 is 3.22 bits per heavy atom. The second-order valence-electron chi connectivity index (χ2n) is 5.34. The van der Waals surface area contributed by atoms with Gasteiger partial charge in [-0.05, 0) is 26.3 Å². The van der Waals surface area contributed by atoms with Crippen molar-refractivity contribution in [1.82, 2.24) is 10.2 Å². The number of carbonyl (C=O) groups is 1. The van der Waals surface area contributed by atoms with E-state index in [1.807, 2.05) is 6.92 Å². The largest absolute Gasteiger partial charge is 0.469 e. The average molecular weight is 256 g/mol. The summed E-state index contributed by atoms with van der Waals surface area (Å²) in [6.45, 7) is 5.89. The van der Waals surface area contributed by atoms with Gasteiger partial charge in [0.15, 0.2) is 0 Å². The van der Waals surface area contributed by atoms with E-state index < -0.39 is 0 Å². The van der Waals surface area contributed by atoms with Crippen molar-refractivity contribution >= 4 is 5.97 Å². The molecule has 5 nitrogen and oxygen atoms in total. The molecule has 1 N–H and O–H groups in total. The number of hydrogen-bond acceptors (Lipinski definition) is 5. The second-order valence-corrected chi connectivity index (χ2v) is 5.34. The van der Waals surface area contributed by atoms with E-state index in [2.05, 4.69) is 15.0 Å². The molecule has 0 aromatic carbocycles. The summed E-state index contributed by atoms with van der Waals surface area (Å²) >= 11 is 0. The molecule has 2 aliphatic heterocycles. The van der Waals surface area contributed by atoms with Crippen molar-refractivity contribution in [2.24, 2.45) is 0 Å². The van der Waals surface area contributed by atoms with Crippen LogP contribution >= 0.6 is 0 Å². The molecule has 0 spiro atoms. The lowest BCUT2D eigenvalue weighted by atomic mass is 10.1. The van der Waals surface area contributed by atoms with Crippen LogP contribution in [0.5, 0.6) is 0 Å². The normalized spacial score (nSPS) is 29.9. The number of ether oxygens (including phenoxy) is 2. The summed E-state index contributed by atoms with van der Waals surface area (Å²) in [6.07, 6.45) is 3.24. The van der Waals surface area contributed by atoms with Gasteiger partial charge >= 0.3 is 5.97 Å². The Kier molecular flexibility index (Phi) is 4.97. The lowest BCUT2D eigenvalue weighted by Crippen LogP contribution is -2.50. The van der Waals surface area contributed by atoms with Gasteiger partial charge in [-0.3, -0.25) is 9.69 Å². The molecular weight excluding hydrogens is 232 g/mol. The standard InChI is InChI=1S/C13H24N2O3/c1-10(6-13(16)17-2)14-7-12-8-15-5-3-4-11(15)9-18-12/h10-12,14H,3-9H2,1-2H3. The molecule has 2 rings (SSSR count). The molecule has 18 heavy (non-hydrogen) atoms. The molecule has 0 saturated carbocycles. The third-order valence-corrected chi connectivity index (χ3v) is 3.86. The minimum absolute atomic E-state index is 0.136. The van der Waals surface area contributed by atoms with Gasteiger partial charge in [-0.25, -0.2) is 0 Å². The van der Waals surface area contributed by atoms with Crippen molar-refractivity contribution in [2.75, 3.05) is 33.4 Å². The predicted molar refractivity (Wildman–Crippen MR) is 68.4 cm³/mol. The third-order valence-electron chi connectivity index (χ3n) is 3.86. The first-order chi connectivity index (χ1) is 8.69. The van der Waals surface area contributed by atoms with Gasteiger partial charge in [-0.2, -0.15) is 0 Å². The van der Waals surface area contributed by atoms with Crippen molar-refractivity contribution < 1.29 is 14.3 Å². The van der Waals surface area contributed by atoms with Gasteiger partial charge in [0.25, 0.3) is 0 Å². The first-order valence-corrected chi connectivity index (χ1v) is 6.85. The summed E-state index contributed by atoms with van der Waals surface area (Å²) in [5.41, 5.74) is 0. The molecule has 0 amide bonds. The summed E-state index contributed by atoms with van der Waals surface area (Å²) in [5, 5.41) is 3.34. The van der Waals surface area contributed by atoms with Crippen LogP contribution in [-0.2, 0) is 14.3 Å². The summed E-state index contributed by atoms with van der Waals surface area (Å²) < 4.78 is 10.5. The van der Waals surface area contributed by atoms with Gasteiger partial charge in [0.1, 0.15) is 0 Å². The first-order valence-electron chi connectivity index (χ1n) is 6.85. The van der Waals surface area contributed by atoms with Crippen molar-refractivity contribution in [2.45, 2.75) is 44.4 Å². The Hall–Kier alpha value is -0.650. The van der Waals surface area contributed by atoms with Crippen molar-refractivity contribution in [3.8, 4) is 0 Å². The molecule has 0 aromatic rings. The fraction of sp³-hybridized carbons (Fsp3) is 0.923. The van der Waals surface area contributed by atoms with Gasteiger partial charge in [0.2, 0.25) is 0 Å². The number of rotatable bonds is 5. The fourth-order valence-electron chi connectivity index (χ4n) is 2.75. The number of esters is 1. The zero-order chi connectivity index (χ0) is 13.0. The van der Waals surface area contributed by atoms with Gasteiger partial charge in [-0.15, -0.1) is 0 Å². The molecule has 0 bridgehead atoms. The summed E-state index contributed by atoms with van der Waals surface area (Å²) in [7, 11) is 1.42. The Labute approximate surface area is 109 Å². The minimum Gasteiger partial charge on any atom is -0.469 e. The topological polar surface area (TPSA) is 50.8 Å². The van der Waals surface area contributed by atoms with E-state index in [0.717, 1.165) is 19.7 Å². The van der Waals surface area contributed by atoms with Crippen LogP contribution in [0, 0.1) is 0 Å². The smallest absolute Gasteiger partial charge is 0.307 e. The molecule has 0 radical (unpaired) electrons. The Morgan fingerprint density at radius 1 is 1.61 bits per heavy atom. The van der Waals surface area contributed by atoms with Crippen LogP contribution < -0.4 is 5.32 Å². The number of methoxy groups -OCH3 is 1. The summed E-state index contributed by atoms with van der Waals surface area (Å²) in [5.74, 6) is -0.167. The quantitative estimate of drug-likeness (QED) is 0.721. The Bertz CT molecular complexity index is 285. The highest BCUT2D eigenvalue weighted by atomic mass is 16.5. The summed E-state index contributed by atoms with van der Waals surface area (Å²) in [4.78, 5) is 13.6. The second kappa shape index (κ2) is 6.50. The molecule has 5 heteroatoms. The number of nitrogens with zero attached hydrogens (tertiary/aromatic N) is 1. The predicted octanol–water partition coefficient (Wildman–Crippen LogP) is 0.391. The van der Waals surface area contributed by atoms with Gasteiger partial charge in [0, 0.05) is 25.2 Å². The van der Waals surface area contributed by atoms with E-state index >= 15 is 0 Å². The zero-order valence-electron chi connectivity index (χ0n) is 11.4. The van der Waals surface area contributed by atoms with Crippen LogP contribution in [0.3, 0.4) is 0 Å². The van der Waals surface area contributed by atoms with Gasteiger partial charge < -0.3 is 14.8 Å². The molecule has 0 aliphatic carbocycles. The Balaban J connectivity index is 1.66. The lowest BCUT2D eigenvalue weighted by molar-refractivity contribution is -0.141. The zero-order valence-corrected chi connectivity index (χ0v) is 11.4. The van der Waals surface area contributed by atoms with E-state index in [9.17, 15) is 4.79 Å². The molecule has 2 fully saturated rings. The van der Waals surface area contributed by atoms with Gasteiger partial charge in [-0.1, -0.05) is 0 Å². The molecule has 104 valence electrons. The van der Waals surface area contributed by atoms with Crippen LogP contribution in [0.4, 0.5) is 0 Å². The van der Waals surface area contributed by atoms with Crippen LogP contribution in [0.25, 0.3) is 0 Å². The Morgan fingerprint density at radius 2 is 2.44 bits per heavy atom. The minimum atomic E-state index is -0.167. The van der Waals surface area contributed by atoms with Crippen LogP contribution in [0.15, 0.2) is 0 Å². The molecular formula is C13H24N2O3. The first kappa shape index (κ1) is 13.8. The van der Waals surface area contributed by atoms with Crippen molar-refractivity contribution in [3.05, 3.63) is 0 Å². The molecule has 3 atom stereocenters. The van der Waals surface area contributed by atoms with Crippen LogP contribution in [0.2, 0.25) is 0 Å². The van der Waals surface area contributed by atoms with E-state index in [0.29, 0.717) is 12.5 Å². The van der Waals surface area contributed by atoms with Crippen molar-refractivity contribution in [1.29, 1.82) is 0 Å². The average Bonchev–Trinajstić information content (AvgIpc) is 2.83. The SMILES string of the molecule is COC(=O)CC(C)NCC1CN2CCCC2CO1. The van der Waals surface area contributed by atoms with Crippen LogP contribution in [-0.4, -0.2) is 62.4 Å². The molecule has 3 unspecified atom stereocenters. The monoisotopic (exact) mass is 256 g/mol. The number of morpholine rings is 1. The number of hydrogen-bond donors (Lipinski definition) is 1. The van der Waals surface area contributed by atoms with Crippen molar-refractivity contribution in [3.63, 3.8) is 0 Å². The number of nitrogens with one attached hydrogen (secondary N) is 1. The maximum Gasteiger partial charge on any atom is 0.307 e. The van der Waals surface area contributed by atoms with E-state index in [4.69, 9.17) is 4.74 Å². The highest BCUT2D eigenvalue weighted by Crippen LogP contribution is 2.22. The number of carbonyl (C=O) groups excluding carboxylic acids is 1. The van der Waals surface area contributed by atoms with E-state index in [1.54, 1.807) is 0 Å². The molecule has 2 aliphatic rings. The van der Waals surface area contributed by atoms with E-state index in [1.165, 1.54) is 26.5 Å². The summed E-state index contributed by atoms with van der Waals surface area (Å²) in [6, 6.07) is 0.783.